The average molecular weight is 413 g/mol. The van der Waals surface area contributed by atoms with Crippen LogP contribution in [0.2, 0.25) is 5.02 Å². The monoisotopic (exact) mass is 412 g/mol. The highest BCUT2D eigenvalue weighted by molar-refractivity contribution is 7.13. The number of amides is 1. The molecule has 0 bridgehead atoms. The summed E-state index contributed by atoms with van der Waals surface area (Å²) < 4.78 is 5.09. The van der Waals surface area contributed by atoms with Crippen LogP contribution in [0.4, 0.5) is 5.69 Å². The number of fused-ring (bicyclic) bond motifs is 1. The van der Waals surface area contributed by atoms with Crippen LogP contribution in [0.25, 0.3) is 10.6 Å². The standard InChI is InChI=1S/C21H17ClN2O3S/c22-16-6-2-5-15(9-16)20-24-18(12-28-20)21(26)27-11-19(25)23-17-8-7-13-3-1-4-14(13)10-17/h2,5-10,12H,1,3-4,11H2,(H,23,25). The molecular weight excluding hydrogens is 396 g/mol. The van der Waals surface area contributed by atoms with E-state index in [1.54, 1.807) is 17.5 Å². The Labute approximate surface area is 171 Å². The minimum atomic E-state index is -0.631. The number of thiazole rings is 1. The molecule has 0 unspecified atom stereocenters. The molecule has 4 rings (SSSR count). The minimum absolute atomic E-state index is 0.172. The summed E-state index contributed by atoms with van der Waals surface area (Å²) in [6.45, 7) is -0.361. The number of carbonyl (C=O) groups excluding carboxylic acids is 2. The molecule has 1 aliphatic rings. The number of benzene rings is 2. The van der Waals surface area contributed by atoms with E-state index in [1.165, 1.54) is 22.5 Å². The molecule has 3 aromatic rings. The van der Waals surface area contributed by atoms with Crippen molar-refractivity contribution in [2.45, 2.75) is 19.3 Å². The number of aromatic nitrogens is 1. The Morgan fingerprint density at radius 2 is 2.00 bits per heavy atom. The number of nitrogens with zero attached hydrogens (tertiary/aromatic N) is 1. The molecular formula is C21H17ClN2O3S. The molecule has 0 saturated carbocycles. The van der Waals surface area contributed by atoms with E-state index >= 15 is 0 Å². The lowest BCUT2D eigenvalue weighted by molar-refractivity contribution is -0.119. The summed E-state index contributed by atoms with van der Waals surface area (Å²) in [7, 11) is 0. The maximum Gasteiger partial charge on any atom is 0.358 e. The highest BCUT2D eigenvalue weighted by Crippen LogP contribution is 2.27. The Hall–Kier alpha value is -2.70. The van der Waals surface area contributed by atoms with Crippen LogP contribution in [-0.4, -0.2) is 23.5 Å². The van der Waals surface area contributed by atoms with E-state index in [4.69, 9.17) is 16.3 Å². The van der Waals surface area contributed by atoms with Crippen molar-refractivity contribution in [3.05, 3.63) is 69.7 Å². The number of hydrogen-bond acceptors (Lipinski definition) is 5. The summed E-state index contributed by atoms with van der Waals surface area (Å²) in [4.78, 5) is 28.6. The third-order valence-electron chi connectivity index (χ3n) is 4.50. The Kier molecular flexibility index (Phi) is 5.41. The van der Waals surface area contributed by atoms with Crippen LogP contribution < -0.4 is 5.32 Å². The molecule has 2 aromatic carbocycles. The maximum absolute atomic E-state index is 12.2. The van der Waals surface area contributed by atoms with E-state index in [9.17, 15) is 9.59 Å². The highest BCUT2D eigenvalue weighted by Gasteiger charge is 2.16. The Morgan fingerprint density at radius 1 is 1.14 bits per heavy atom. The Bertz CT molecular complexity index is 1050. The van der Waals surface area contributed by atoms with Gasteiger partial charge in [-0.3, -0.25) is 4.79 Å². The van der Waals surface area contributed by atoms with Crippen molar-refractivity contribution in [3.63, 3.8) is 0 Å². The number of hydrogen-bond donors (Lipinski definition) is 1. The second-order valence-corrected chi connectivity index (χ2v) is 7.80. The number of anilines is 1. The largest absolute Gasteiger partial charge is 0.451 e. The van der Waals surface area contributed by atoms with Crippen LogP contribution >= 0.6 is 22.9 Å². The molecule has 0 atom stereocenters. The zero-order valence-electron chi connectivity index (χ0n) is 14.9. The highest BCUT2D eigenvalue weighted by atomic mass is 35.5. The first kappa shape index (κ1) is 18.7. The summed E-state index contributed by atoms with van der Waals surface area (Å²) in [5.41, 5.74) is 4.32. The van der Waals surface area contributed by atoms with Crippen LogP contribution in [0.3, 0.4) is 0 Å². The first-order chi connectivity index (χ1) is 13.6. The predicted molar refractivity (Wildman–Crippen MR) is 110 cm³/mol. The molecule has 1 heterocycles. The fourth-order valence-corrected chi connectivity index (χ4v) is 4.15. The molecule has 0 aliphatic heterocycles. The SMILES string of the molecule is O=C(COC(=O)c1csc(-c2cccc(Cl)c2)n1)Nc1ccc2c(c1)CCC2. The number of ether oxygens (including phenoxy) is 1. The lowest BCUT2D eigenvalue weighted by atomic mass is 10.1. The van der Waals surface area contributed by atoms with E-state index in [1.807, 2.05) is 30.3 Å². The van der Waals surface area contributed by atoms with Crippen molar-refractivity contribution in [3.8, 4) is 10.6 Å². The van der Waals surface area contributed by atoms with E-state index in [-0.39, 0.29) is 18.2 Å². The van der Waals surface area contributed by atoms with Crippen molar-refractivity contribution in [2.24, 2.45) is 0 Å². The van der Waals surface area contributed by atoms with Crippen molar-refractivity contribution < 1.29 is 14.3 Å². The Morgan fingerprint density at radius 3 is 2.86 bits per heavy atom. The molecule has 1 amide bonds. The molecule has 5 nitrogen and oxygen atoms in total. The molecule has 0 saturated heterocycles. The second-order valence-electron chi connectivity index (χ2n) is 6.51. The average Bonchev–Trinajstić information content (AvgIpc) is 3.35. The summed E-state index contributed by atoms with van der Waals surface area (Å²) in [6.07, 6.45) is 3.27. The smallest absolute Gasteiger partial charge is 0.358 e. The van der Waals surface area contributed by atoms with Crippen LogP contribution in [0, 0.1) is 0 Å². The first-order valence-corrected chi connectivity index (χ1v) is 10.1. The van der Waals surface area contributed by atoms with Crippen molar-refractivity contribution in [2.75, 3.05) is 11.9 Å². The number of rotatable bonds is 5. The zero-order chi connectivity index (χ0) is 19.5. The minimum Gasteiger partial charge on any atom is -0.451 e. The molecule has 28 heavy (non-hydrogen) atoms. The van der Waals surface area contributed by atoms with Gasteiger partial charge in [0.25, 0.3) is 5.91 Å². The van der Waals surface area contributed by atoms with Gasteiger partial charge in [0, 0.05) is 21.7 Å². The molecule has 0 radical (unpaired) electrons. The van der Waals surface area contributed by atoms with Gasteiger partial charge in [0.2, 0.25) is 0 Å². The second kappa shape index (κ2) is 8.12. The van der Waals surface area contributed by atoms with Gasteiger partial charge in [-0.15, -0.1) is 11.3 Å². The number of esters is 1. The number of halogens is 1. The van der Waals surface area contributed by atoms with Crippen LogP contribution in [0.15, 0.2) is 47.8 Å². The molecule has 7 heteroatoms. The van der Waals surface area contributed by atoms with Gasteiger partial charge in [-0.05, 0) is 54.7 Å². The summed E-state index contributed by atoms with van der Waals surface area (Å²) >= 11 is 7.30. The van der Waals surface area contributed by atoms with Gasteiger partial charge < -0.3 is 10.1 Å². The summed E-state index contributed by atoms with van der Waals surface area (Å²) in [5.74, 6) is -1.01. The van der Waals surface area contributed by atoms with Crippen molar-refractivity contribution in [1.82, 2.24) is 4.98 Å². The van der Waals surface area contributed by atoms with Crippen LogP contribution in [-0.2, 0) is 22.4 Å². The third-order valence-corrected chi connectivity index (χ3v) is 5.63. The summed E-state index contributed by atoms with van der Waals surface area (Å²) in [6, 6.07) is 13.1. The number of carbonyl (C=O) groups is 2. The van der Waals surface area contributed by atoms with Gasteiger partial charge in [-0.1, -0.05) is 29.8 Å². The molecule has 0 spiro atoms. The lowest BCUT2D eigenvalue weighted by Crippen LogP contribution is -2.21. The van der Waals surface area contributed by atoms with Gasteiger partial charge in [0.05, 0.1) is 0 Å². The van der Waals surface area contributed by atoms with Gasteiger partial charge in [0.1, 0.15) is 5.01 Å². The molecule has 142 valence electrons. The molecule has 0 fully saturated rings. The maximum atomic E-state index is 12.2. The van der Waals surface area contributed by atoms with E-state index in [0.29, 0.717) is 10.0 Å². The van der Waals surface area contributed by atoms with Crippen LogP contribution in [0.5, 0.6) is 0 Å². The fraction of sp³-hybridized carbons (Fsp3) is 0.190. The van der Waals surface area contributed by atoms with Gasteiger partial charge in [0.15, 0.2) is 12.3 Å². The number of nitrogens with one attached hydrogen (secondary N) is 1. The quantitative estimate of drug-likeness (QED) is 0.614. The van der Waals surface area contributed by atoms with E-state index in [2.05, 4.69) is 10.3 Å². The van der Waals surface area contributed by atoms with Gasteiger partial charge in [-0.2, -0.15) is 0 Å². The summed E-state index contributed by atoms with van der Waals surface area (Å²) in [5, 5.41) is 5.64. The van der Waals surface area contributed by atoms with E-state index < -0.39 is 5.97 Å². The topological polar surface area (TPSA) is 68.3 Å². The number of aryl methyl sites for hydroxylation is 2. The normalized spacial score (nSPS) is 12.5. The van der Waals surface area contributed by atoms with Crippen LogP contribution in [0.1, 0.15) is 28.0 Å². The van der Waals surface area contributed by atoms with Gasteiger partial charge >= 0.3 is 5.97 Å². The van der Waals surface area contributed by atoms with Crippen molar-refractivity contribution >= 4 is 40.5 Å². The zero-order valence-corrected chi connectivity index (χ0v) is 16.5. The molecule has 1 aliphatic carbocycles. The first-order valence-electron chi connectivity index (χ1n) is 8.89. The van der Waals surface area contributed by atoms with Crippen molar-refractivity contribution in [1.29, 1.82) is 0 Å². The Balaban J connectivity index is 1.33. The molecule has 1 N–H and O–H groups in total. The predicted octanol–water partition coefficient (Wildman–Crippen LogP) is 4.75. The van der Waals surface area contributed by atoms with Gasteiger partial charge in [-0.25, -0.2) is 9.78 Å². The molecule has 1 aromatic heterocycles. The third kappa shape index (κ3) is 4.24. The fourth-order valence-electron chi connectivity index (χ4n) is 3.17. The van der Waals surface area contributed by atoms with E-state index in [0.717, 1.165) is 30.5 Å². The lowest BCUT2D eigenvalue weighted by Gasteiger charge is -2.07.